The molecule has 1 aliphatic rings. The number of hydrogen-bond acceptors (Lipinski definition) is 4. The Bertz CT molecular complexity index is 476. The summed E-state index contributed by atoms with van der Waals surface area (Å²) in [6.07, 6.45) is 1.57. The zero-order chi connectivity index (χ0) is 14.2. The molecule has 0 bridgehead atoms. The molecule has 1 aliphatic carbocycles. The van der Waals surface area contributed by atoms with Crippen LogP contribution in [-0.2, 0) is 6.42 Å². The summed E-state index contributed by atoms with van der Waals surface area (Å²) in [5, 5.41) is 1.02. The molecular weight excluding hydrogens is 256 g/mol. The quantitative estimate of drug-likeness (QED) is 0.841. The average molecular weight is 280 g/mol. The van der Waals surface area contributed by atoms with E-state index >= 15 is 0 Å². The van der Waals surface area contributed by atoms with Crippen LogP contribution in [0.2, 0.25) is 0 Å². The Morgan fingerprint density at radius 2 is 2.05 bits per heavy atom. The summed E-state index contributed by atoms with van der Waals surface area (Å²) in [7, 11) is 0. The van der Waals surface area contributed by atoms with Crippen LogP contribution in [0.3, 0.4) is 0 Å². The van der Waals surface area contributed by atoms with Crippen molar-refractivity contribution in [3.8, 4) is 0 Å². The Balaban J connectivity index is 2.29. The van der Waals surface area contributed by atoms with Crippen molar-refractivity contribution in [2.45, 2.75) is 47.5 Å². The molecule has 3 nitrogen and oxygen atoms in total. The number of nitrogens with zero attached hydrogens (tertiary/aromatic N) is 2. The topological polar surface area (TPSA) is 33.2 Å². The maximum atomic E-state index is 12.2. The highest BCUT2D eigenvalue weighted by Crippen LogP contribution is 2.39. The third-order valence-corrected chi connectivity index (χ3v) is 4.66. The number of aromatic nitrogens is 1. The first-order valence-electron chi connectivity index (χ1n) is 7.10. The molecule has 0 aromatic carbocycles. The summed E-state index contributed by atoms with van der Waals surface area (Å²) in [6.45, 7) is 12.8. The Kier molecular flexibility index (Phi) is 4.00. The maximum Gasteiger partial charge on any atom is 0.186 e. The van der Waals surface area contributed by atoms with E-state index in [0.717, 1.165) is 35.2 Å². The van der Waals surface area contributed by atoms with Crippen molar-refractivity contribution in [1.82, 2.24) is 4.98 Å². The van der Waals surface area contributed by atoms with Gasteiger partial charge in [0.2, 0.25) is 0 Å². The summed E-state index contributed by atoms with van der Waals surface area (Å²) in [5.74, 6) is 0.878. The normalized spacial score (nSPS) is 17.7. The van der Waals surface area contributed by atoms with Crippen LogP contribution in [0.15, 0.2) is 0 Å². The van der Waals surface area contributed by atoms with Crippen molar-refractivity contribution in [1.29, 1.82) is 0 Å². The minimum atomic E-state index is 0.0600. The largest absolute Gasteiger partial charge is 0.348 e. The number of anilines is 1. The average Bonchev–Trinajstić information content (AvgIpc) is 2.67. The van der Waals surface area contributed by atoms with E-state index in [4.69, 9.17) is 4.98 Å². The molecule has 0 N–H and O–H groups in total. The highest BCUT2D eigenvalue weighted by atomic mass is 32.1. The van der Waals surface area contributed by atoms with Gasteiger partial charge in [-0.25, -0.2) is 4.98 Å². The number of carbonyl (C=O) groups is 1. The van der Waals surface area contributed by atoms with Crippen LogP contribution < -0.4 is 4.90 Å². The van der Waals surface area contributed by atoms with Crippen molar-refractivity contribution < 1.29 is 4.79 Å². The van der Waals surface area contributed by atoms with Crippen molar-refractivity contribution in [3.05, 3.63) is 10.6 Å². The van der Waals surface area contributed by atoms with Gasteiger partial charge in [0.15, 0.2) is 10.9 Å². The standard InChI is InChI=1S/C15H24N2OS/c1-6-17(9-10(2)3)14-16-11-7-15(4,5)8-12(18)13(11)19-14/h10H,6-9H2,1-5H3. The second-order valence-electron chi connectivity index (χ2n) is 6.65. The summed E-state index contributed by atoms with van der Waals surface area (Å²) in [6, 6.07) is 0. The molecule has 0 aliphatic heterocycles. The minimum Gasteiger partial charge on any atom is -0.348 e. The first kappa shape index (κ1) is 14.5. The van der Waals surface area contributed by atoms with Crippen LogP contribution in [0.5, 0.6) is 0 Å². The van der Waals surface area contributed by atoms with E-state index in [1.807, 2.05) is 0 Å². The molecule has 1 heterocycles. The fourth-order valence-corrected chi connectivity index (χ4v) is 3.72. The minimum absolute atomic E-state index is 0.0600. The van der Waals surface area contributed by atoms with E-state index in [2.05, 4.69) is 39.5 Å². The Morgan fingerprint density at radius 3 is 2.63 bits per heavy atom. The lowest BCUT2D eigenvalue weighted by molar-refractivity contribution is 0.0916. The summed E-state index contributed by atoms with van der Waals surface area (Å²) < 4.78 is 0. The molecule has 0 amide bonds. The fourth-order valence-electron chi connectivity index (χ4n) is 2.63. The van der Waals surface area contributed by atoms with Gasteiger partial charge in [0, 0.05) is 19.5 Å². The lowest BCUT2D eigenvalue weighted by atomic mass is 9.78. The number of hydrogen-bond donors (Lipinski definition) is 0. The van der Waals surface area contributed by atoms with Crippen molar-refractivity contribution in [2.24, 2.45) is 11.3 Å². The van der Waals surface area contributed by atoms with E-state index in [0.29, 0.717) is 12.3 Å². The van der Waals surface area contributed by atoms with Crippen molar-refractivity contribution in [2.75, 3.05) is 18.0 Å². The van der Waals surface area contributed by atoms with Crippen molar-refractivity contribution >= 4 is 22.3 Å². The molecule has 0 unspecified atom stereocenters. The monoisotopic (exact) mass is 280 g/mol. The first-order valence-corrected chi connectivity index (χ1v) is 7.92. The van der Waals surface area contributed by atoms with Crippen LogP contribution in [0.4, 0.5) is 5.13 Å². The molecule has 0 atom stereocenters. The smallest absolute Gasteiger partial charge is 0.186 e. The molecule has 0 saturated heterocycles. The van der Waals surface area contributed by atoms with Gasteiger partial charge in [-0.15, -0.1) is 0 Å². The first-order chi connectivity index (χ1) is 8.82. The Hall–Kier alpha value is -0.900. The zero-order valence-corrected chi connectivity index (χ0v) is 13.4. The van der Waals surface area contributed by atoms with Gasteiger partial charge in [0.25, 0.3) is 0 Å². The third kappa shape index (κ3) is 3.16. The number of Topliss-reactive ketones (excluding diaryl/α,β-unsaturated/α-hetero) is 1. The molecule has 0 spiro atoms. The van der Waals surface area contributed by atoms with Gasteiger partial charge < -0.3 is 4.90 Å². The fraction of sp³-hybridized carbons (Fsp3) is 0.733. The molecule has 0 radical (unpaired) electrons. The predicted octanol–water partition coefficient (Wildman–Crippen LogP) is 3.78. The molecule has 4 heteroatoms. The number of thiazole rings is 1. The van der Waals surface area contributed by atoms with Gasteiger partial charge in [0.1, 0.15) is 0 Å². The summed E-state index contributed by atoms with van der Waals surface area (Å²) in [5.41, 5.74) is 1.08. The van der Waals surface area contributed by atoms with E-state index < -0.39 is 0 Å². The van der Waals surface area contributed by atoms with Gasteiger partial charge in [0.05, 0.1) is 10.6 Å². The Labute approximate surface area is 120 Å². The molecule has 106 valence electrons. The van der Waals surface area contributed by atoms with Gasteiger partial charge >= 0.3 is 0 Å². The van der Waals surface area contributed by atoms with E-state index in [1.165, 1.54) is 0 Å². The van der Waals surface area contributed by atoms with Gasteiger partial charge in [-0.05, 0) is 24.7 Å². The predicted molar refractivity (Wildman–Crippen MR) is 81.3 cm³/mol. The van der Waals surface area contributed by atoms with Crippen LogP contribution in [0, 0.1) is 11.3 Å². The number of rotatable bonds is 4. The second kappa shape index (κ2) is 5.23. The lowest BCUT2D eigenvalue weighted by Gasteiger charge is -2.26. The molecule has 1 aromatic rings. The SMILES string of the molecule is CCN(CC(C)C)c1nc2c(s1)C(=O)CC(C)(C)C2. The highest BCUT2D eigenvalue weighted by Gasteiger charge is 2.34. The second-order valence-corrected chi connectivity index (χ2v) is 7.62. The molecule has 19 heavy (non-hydrogen) atoms. The summed E-state index contributed by atoms with van der Waals surface area (Å²) >= 11 is 1.58. The van der Waals surface area contributed by atoms with Gasteiger partial charge in [-0.1, -0.05) is 39.0 Å². The summed E-state index contributed by atoms with van der Waals surface area (Å²) in [4.78, 5) is 20.1. The maximum absolute atomic E-state index is 12.2. The lowest BCUT2D eigenvalue weighted by Crippen LogP contribution is -2.27. The van der Waals surface area contributed by atoms with E-state index in [1.54, 1.807) is 11.3 Å². The van der Waals surface area contributed by atoms with Crippen LogP contribution in [0.1, 0.15) is 56.4 Å². The van der Waals surface area contributed by atoms with Gasteiger partial charge in [-0.3, -0.25) is 4.79 Å². The van der Waals surface area contributed by atoms with E-state index in [9.17, 15) is 4.79 Å². The highest BCUT2D eigenvalue weighted by molar-refractivity contribution is 7.17. The molecule has 1 aromatic heterocycles. The molecule has 0 fully saturated rings. The molecular formula is C15H24N2OS. The van der Waals surface area contributed by atoms with E-state index in [-0.39, 0.29) is 11.2 Å². The van der Waals surface area contributed by atoms with Gasteiger partial charge in [-0.2, -0.15) is 0 Å². The number of carbonyl (C=O) groups excluding carboxylic acids is 1. The van der Waals surface area contributed by atoms with Crippen LogP contribution >= 0.6 is 11.3 Å². The van der Waals surface area contributed by atoms with Crippen LogP contribution in [0.25, 0.3) is 0 Å². The number of fused-ring (bicyclic) bond motifs is 1. The number of ketones is 1. The van der Waals surface area contributed by atoms with Crippen LogP contribution in [-0.4, -0.2) is 23.9 Å². The van der Waals surface area contributed by atoms with Crippen molar-refractivity contribution in [3.63, 3.8) is 0 Å². The molecule has 2 rings (SSSR count). The Morgan fingerprint density at radius 1 is 1.37 bits per heavy atom. The molecule has 0 saturated carbocycles. The third-order valence-electron chi connectivity index (χ3n) is 3.46. The zero-order valence-electron chi connectivity index (χ0n) is 12.6.